The van der Waals surface area contributed by atoms with Gasteiger partial charge in [0.2, 0.25) is 5.91 Å². The Balaban J connectivity index is 2.67. The lowest BCUT2D eigenvalue weighted by Crippen LogP contribution is -2.45. The summed E-state index contributed by atoms with van der Waals surface area (Å²) in [5, 5.41) is 2.27. The Labute approximate surface area is 127 Å². The fourth-order valence-electron chi connectivity index (χ4n) is 2.90. The van der Waals surface area contributed by atoms with Crippen molar-refractivity contribution in [1.29, 1.82) is 0 Å². The highest BCUT2D eigenvalue weighted by molar-refractivity contribution is 5.86. The smallest absolute Gasteiger partial charge is 0.232 e. The SMILES string of the molecule is C=C(C)C1C(C)C=c2ccccc2=CN1C(=O)C(C)(C)C. The van der Waals surface area contributed by atoms with E-state index in [1.165, 1.54) is 5.22 Å². The molecule has 1 heterocycles. The van der Waals surface area contributed by atoms with E-state index in [0.29, 0.717) is 0 Å². The molecule has 0 aliphatic carbocycles. The first-order valence-corrected chi connectivity index (χ1v) is 7.49. The topological polar surface area (TPSA) is 20.3 Å². The van der Waals surface area contributed by atoms with Gasteiger partial charge in [0.1, 0.15) is 0 Å². The van der Waals surface area contributed by atoms with Crippen LogP contribution >= 0.6 is 0 Å². The predicted molar refractivity (Wildman–Crippen MR) is 88.7 cm³/mol. The van der Waals surface area contributed by atoms with Gasteiger partial charge in [-0.25, -0.2) is 0 Å². The van der Waals surface area contributed by atoms with Crippen molar-refractivity contribution in [1.82, 2.24) is 4.90 Å². The van der Waals surface area contributed by atoms with E-state index in [4.69, 9.17) is 0 Å². The van der Waals surface area contributed by atoms with Gasteiger partial charge in [-0.3, -0.25) is 4.79 Å². The average Bonchev–Trinajstić information content (AvgIpc) is 2.51. The summed E-state index contributed by atoms with van der Waals surface area (Å²) in [5.41, 5.74) is 0.601. The van der Waals surface area contributed by atoms with Gasteiger partial charge in [0.05, 0.1) is 6.04 Å². The third-order valence-electron chi connectivity index (χ3n) is 3.90. The van der Waals surface area contributed by atoms with Crippen LogP contribution in [0.5, 0.6) is 0 Å². The van der Waals surface area contributed by atoms with Gasteiger partial charge >= 0.3 is 0 Å². The van der Waals surface area contributed by atoms with Gasteiger partial charge in [-0.2, -0.15) is 0 Å². The van der Waals surface area contributed by atoms with Crippen molar-refractivity contribution >= 4 is 18.2 Å². The molecule has 0 N–H and O–H groups in total. The highest BCUT2D eigenvalue weighted by Crippen LogP contribution is 2.27. The maximum absolute atomic E-state index is 12.9. The van der Waals surface area contributed by atoms with Crippen LogP contribution in [0.2, 0.25) is 0 Å². The Bertz CT molecular complexity index is 678. The summed E-state index contributed by atoms with van der Waals surface area (Å²) in [6, 6.07) is 8.20. The highest BCUT2D eigenvalue weighted by atomic mass is 16.2. The van der Waals surface area contributed by atoms with Crippen molar-refractivity contribution < 1.29 is 4.79 Å². The Morgan fingerprint density at radius 1 is 1.19 bits per heavy atom. The summed E-state index contributed by atoms with van der Waals surface area (Å²) in [5.74, 6) is 0.362. The maximum atomic E-state index is 12.9. The van der Waals surface area contributed by atoms with Crippen molar-refractivity contribution in [3.8, 4) is 0 Å². The zero-order chi connectivity index (χ0) is 15.8. The lowest BCUT2D eigenvalue weighted by Gasteiger charge is -2.36. The van der Waals surface area contributed by atoms with E-state index in [2.05, 4.69) is 31.7 Å². The van der Waals surface area contributed by atoms with Crippen molar-refractivity contribution in [2.75, 3.05) is 0 Å². The largest absolute Gasteiger partial charge is 0.310 e. The normalized spacial score (nSPS) is 21.7. The monoisotopic (exact) mass is 283 g/mol. The molecule has 0 aromatic heterocycles. The molecule has 2 unspecified atom stereocenters. The number of carbonyl (C=O) groups is 1. The van der Waals surface area contributed by atoms with Gasteiger partial charge in [-0.05, 0) is 23.3 Å². The van der Waals surface area contributed by atoms with Crippen molar-refractivity contribution in [2.24, 2.45) is 11.3 Å². The van der Waals surface area contributed by atoms with Gasteiger partial charge in [-0.1, -0.05) is 70.2 Å². The quantitative estimate of drug-likeness (QED) is 0.726. The average molecular weight is 283 g/mol. The van der Waals surface area contributed by atoms with E-state index >= 15 is 0 Å². The summed E-state index contributed by atoms with van der Waals surface area (Å²) >= 11 is 0. The number of fused-ring (bicyclic) bond motifs is 1. The molecule has 2 heteroatoms. The third-order valence-corrected chi connectivity index (χ3v) is 3.90. The minimum absolute atomic E-state index is 0.00382. The van der Waals surface area contributed by atoms with Crippen LogP contribution in [-0.2, 0) is 4.79 Å². The summed E-state index contributed by atoms with van der Waals surface area (Å²) in [7, 11) is 0. The first-order chi connectivity index (χ1) is 9.71. The first kappa shape index (κ1) is 15.6. The zero-order valence-corrected chi connectivity index (χ0v) is 13.7. The predicted octanol–water partition coefficient (Wildman–Crippen LogP) is 2.67. The Kier molecular flexibility index (Phi) is 4.08. The molecule has 2 nitrogen and oxygen atoms in total. The van der Waals surface area contributed by atoms with Crippen molar-refractivity contribution in [3.63, 3.8) is 0 Å². The molecule has 0 radical (unpaired) electrons. The maximum Gasteiger partial charge on any atom is 0.232 e. The summed E-state index contributed by atoms with van der Waals surface area (Å²) in [4.78, 5) is 14.8. The van der Waals surface area contributed by atoms with Gasteiger partial charge in [-0.15, -0.1) is 0 Å². The molecule has 1 aliphatic heterocycles. The highest BCUT2D eigenvalue weighted by Gasteiger charge is 2.34. The van der Waals surface area contributed by atoms with Crippen LogP contribution in [0.25, 0.3) is 12.3 Å². The Morgan fingerprint density at radius 2 is 1.76 bits per heavy atom. The molecule has 112 valence electrons. The van der Waals surface area contributed by atoms with Gasteiger partial charge in [0.15, 0.2) is 0 Å². The number of hydrogen-bond acceptors (Lipinski definition) is 1. The van der Waals surface area contributed by atoms with Gasteiger partial charge in [0, 0.05) is 11.6 Å². The molecular weight excluding hydrogens is 258 g/mol. The van der Waals surface area contributed by atoms with Crippen LogP contribution < -0.4 is 10.4 Å². The van der Waals surface area contributed by atoms with Crippen LogP contribution in [0.15, 0.2) is 36.4 Å². The van der Waals surface area contributed by atoms with Gasteiger partial charge in [0.25, 0.3) is 0 Å². The fourth-order valence-corrected chi connectivity index (χ4v) is 2.90. The van der Waals surface area contributed by atoms with E-state index < -0.39 is 5.41 Å². The van der Waals surface area contributed by atoms with Crippen LogP contribution in [0.4, 0.5) is 0 Å². The molecule has 0 spiro atoms. The lowest BCUT2D eigenvalue weighted by molar-refractivity contribution is -0.137. The van der Waals surface area contributed by atoms with Crippen LogP contribution in [0.1, 0.15) is 34.6 Å². The number of amides is 1. The van der Waals surface area contributed by atoms with Crippen LogP contribution in [-0.4, -0.2) is 16.8 Å². The molecule has 0 fully saturated rings. The number of nitrogens with zero attached hydrogens (tertiary/aromatic N) is 1. The van der Waals surface area contributed by atoms with Crippen molar-refractivity contribution in [3.05, 3.63) is 46.9 Å². The second-order valence-corrected chi connectivity index (χ2v) is 7.04. The molecule has 0 bridgehead atoms. The number of hydrogen-bond donors (Lipinski definition) is 0. The van der Waals surface area contributed by atoms with E-state index in [0.717, 1.165) is 10.8 Å². The van der Waals surface area contributed by atoms with E-state index in [-0.39, 0.29) is 17.9 Å². The van der Waals surface area contributed by atoms with E-state index in [1.807, 2.05) is 50.9 Å². The first-order valence-electron chi connectivity index (χ1n) is 7.49. The second-order valence-electron chi connectivity index (χ2n) is 7.04. The molecule has 0 saturated heterocycles. The van der Waals surface area contributed by atoms with E-state index in [1.54, 1.807) is 0 Å². The number of benzene rings is 1. The zero-order valence-electron chi connectivity index (χ0n) is 13.7. The molecule has 1 aromatic carbocycles. The molecule has 0 saturated carbocycles. The Hall–Kier alpha value is -1.83. The molecule has 1 aliphatic rings. The van der Waals surface area contributed by atoms with Crippen LogP contribution in [0.3, 0.4) is 0 Å². The standard InChI is InChI=1S/C19H25NO/c1-13(2)17-14(3)11-15-9-7-8-10-16(15)12-20(17)18(21)19(4,5)6/h7-12,14,17H,1H2,2-6H3. The molecule has 21 heavy (non-hydrogen) atoms. The molecular formula is C19H25NO. The van der Waals surface area contributed by atoms with E-state index in [9.17, 15) is 4.79 Å². The Morgan fingerprint density at radius 3 is 2.29 bits per heavy atom. The summed E-state index contributed by atoms with van der Waals surface area (Å²) in [6.07, 6.45) is 4.23. The molecule has 2 atom stereocenters. The summed E-state index contributed by atoms with van der Waals surface area (Å²) in [6.45, 7) is 14.2. The molecule has 1 aromatic rings. The number of carbonyl (C=O) groups excluding carboxylic acids is 1. The second kappa shape index (κ2) is 5.51. The van der Waals surface area contributed by atoms with Gasteiger partial charge < -0.3 is 4.90 Å². The fraction of sp³-hybridized carbons (Fsp3) is 0.421. The third kappa shape index (κ3) is 3.10. The minimum Gasteiger partial charge on any atom is -0.310 e. The molecule has 1 amide bonds. The van der Waals surface area contributed by atoms with Crippen molar-refractivity contribution in [2.45, 2.75) is 40.7 Å². The number of rotatable bonds is 1. The lowest BCUT2D eigenvalue weighted by atomic mass is 9.89. The summed E-state index contributed by atoms with van der Waals surface area (Å²) < 4.78 is 0. The van der Waals surface area contributed by atoms with Crippen LogP contribution in [0, 0.1) is 11.3 Å². The minimum atomic E-state index is -0.413. The molecule has 2 rings (SSSR count).